The molecule has 0 radical (unpaired) electrons. The van der Waals surface area contributed by atoms with Gasteiger partial charge in [-0.05, 0) is 81.2 Å². The summed E-state index contributed by atoms with van der Waals surface area (Å²) in [4.78, 5) is 29.8. The number of hydrogen-bond acceptors (Lipinski definition) is 5. The minimum absolute atomic E-state index is 0.223. The number of fused-ring (bicyclic) bond motifs is 1. The number of H-pyrrole nitrogens is 2. The first kappa shape index (κ1) is 23.3. The maximum Gasteiger partial charge on any atom is 0.335 e. The smallest absolute Gasteiger partial charge is 0.335 e. The number of carboxylic acid groups (broad SMARTS) is 1. The predicted molar refractivity (Wildman–Crippen MR) is 140 cm³/mol. The van der Waals surface area contributed by atoms with Crippen LogP contribution in [0, 0.1) is 6.92 Å². The molecule has 36 heavy (non-hydrogen) atoms. The second-order valence-electron chi connectivity index (χ2n) is 8.98. The molecular weight excluding hydrogens is 454 g/mol. The zero-order chi connectivity index (χ0) is 25.2. The lowest BCUT2D eigenvalue weighted by Crippen LogP contribution is -2.19. The van der Waals surface area contributed by atoms with E-state index in [1.54, 1.807) is 18.3 Å². The van der Waals surface area contributed by atoms with Crippen LogP contribution < -0.4 is 4.74 Å². The van der Waals surface area contributed by atoms with Gasteiger partial charge in [-0.2, -0.15) is 0 Å². The number of aromatic carboxylic acids is 1. The Morgan fingerprint density at radius 2 is 1.86 bits per heavy atom. The Morgan fingerprint density at radius 1 is 1.06 bits per heavy atom. The second kappa shape index (κ2) is 9.67. The second-order valence-corrected chi connectivity index (χ2v) is 8.98. The number of nitrogens with one attached hydrogen (secondary N) is 2. The van der Waals surface area contributed by atoms with Gasteiger partial charge >= 0.3 is 5.97 Å². The Hall–Kier alpha value is -4.43. The average Bonchev–Trinajstić information content (AvgIpc) is 3.51. The third-order valence-electron chi connectivity index (χ3n) is 5.97. The number of aromatic nitrogens is 4. The van der Waals surface area contributed by atoms with E-state index in [1.165, 1.54) is 0 Å². The van der Waals surface area contributed by atoms with Gasteiger partial charge in [0.2, 0.25) is 0 Å². The SMILES string of the molecule is Cc1cc(C(=O)O)cc(-c2nc(-c3ccc(OCCN(C)C)cc3)[nH]c2-c2ccnc3[nH]ccc23)c1. The van der Waals surface area contributed by atoms with Gasteiger partial charge in [-0.25, -0.2) is 14.8 Å². The number of aromatic amines is 2. The molecule has 182 valence electrons. The van der Waals surface area contributed by atoms with Crippen LogP contribution in [-0.4, -0.2) is 63.2 Å². The summed E-state index contributed by atoms with van der Waals surface area (Å²) in [6.07, 6.45) is 3.60. The molecule has 0 amide bonds. The molecule has 2 aromatic carbocycles. The molecule has 0 fully saturated rings. The lowest BCUT2D eigenvalue weighted by molar-refractivity contribution is 0.0697. The van der Waals surface area contributed by atoms with Crippen molar-refractivity contribution in [2.75, 3.05) is 27.2 Å². The van der Waals surface area contributed by atoms with E-state index in [4.69, 9.17) is 9.72 Å². The summed E-state index contributed by atoms with van der Waals surface area (Å²) in [6, 6.07) is 17.0. The topological polar surface area (TPSA) is 107 Å². The summed E-state index contributed by atoms with van der Waals surface area (Å²) in [5, 5.41) is 10.6. The van der Waals surface area contributed by atoms with Crippen molar-refractivity contribution in [3.8, 4) is 39.7 Å². The molecule has 0 aliphatic carbocycles. The Morgan fingerprint density at radius 3 is 2.61 bits per heavy atom. The molecule has 3 aromatic heterocycles. The van der Waals surface area contributed by atoms with Gasteiger partial charge in [0.1, 0.15) is 23.8 Å². The molecule has 0 aliphatic heterocycles. The number of rotatable bonds is 8. The van der Waals surface area contributed by atoms with Gasteiger partial charge < -0.3 is 24.7 Å². The Balaban J connectivity index is 1.60. The maximum absolute atomic E-state index is 11.7. The van der Waals surface area contributed by atoms with Crippen LogP contribution in [0.4, 0.5) is 0 Å². The molecule has 5 aromatic rings. The van der Waals surface area contributed by atoms with Gasteiger partial charge in [0.25, 0.3) is 0 Å². The maximum atomic E-state index is 11.7. The summed E-state index contributed by atoms with van der Waals surface area (Å²) in [5.41, 5.74) is 5.87. The first-order valence-corrected chi connectivity index (χ1v) is 11.6. The monoisotopic (exact) mass is 481 g/mol. The number of imidazole rings is 1. The number of likely N-dealkylation sites (N-methyl/N-ethyl adjacent to an activating group) is 1. The highest BCUT2D eigenvalue weighted by atomic mass is 16.5. The van der Waals surface area contributed by atoms with Crippen molar-refractivity contribution in [1.82, 2.24) is 24.8 Å². The van der Waals surface area contributed by atoms with Crippen LogP contribution in [0.2, 0.25) is 0 Å². The van der Waals surface area contributed by atoms with Crippen molar-refractivity contribution < 1.29 is 14.6 Å². The van der Waals surface area contributed by atoms with E-state index in [0.717, 1.165) is 51.3 Å². The number of benzene rings is 2. The number of nitrogens with zero attached hydrogens (tertiary/aromatic N) is 3. The fraction of sp³-hybridized carbons (Fsp3) is 0.179. The molecule has 0 bridgehead atoms. The highest BCUT2D eigenvalue weighted by Gasteiger charge is 2.19. The molecule has 3 N–H and O–H groups in total. The van der Waals surface area contributed by atoms with Gasteiger partial charge in [-0.15, -0.1) is 0 Å². The standard InChI is InChI=1S/C28H27N5O3/c1-17-14-19(16-20(15-17)28(34)35)24-25(22-8-10-29-27-23(22)9-11-30-27)32-26(31-24)18-4-6-21(7-5-18)36-13-12-33(2)3/h4-11,14-16H,12-13H2,1-3H3,(H,29,30)(H,31,32)(H,34,35). The van der Waals surface area contributed by atoms with E-state index in [0.29, 0.717) is 18.1 Å². The molecule has 0 atom stereocenters. The minimum Gasteiger partial charge on any atom is -0.492 e. The van der Waals surface area contributed by atoms with Gasteiger partial charge in [-0.1, -0.05) is 0 Å². The Kier molecular flexibility index (Phi) is 6.26. The van der Waals surface area contributed by atoms with Crippen molar-refractivity contribution in [3.63, 3.8) is 0 Å². The van der Waals surface area contributed by atoms with Crippen molar-refractivity contribution in [2.45, 2.75) is 6.92 Å². The summed E-state index contributed by atoms with van der Waals surface area (Å²) < 4.78 is 5.83. The van der Waals surface area contributed by atoms with E-state index in [1.807, 2.05) is 69.7 Å². The van der Waals surface area contributed by atoms with E-state index < -0.39 is 5.97 Å². The number of pyridine rings is 1. The average molecular weight is 482 g/mol. The van der Waals surface area contributed by atoms with Crippen molar-refractivity contribution in [1.29, 1.82) is 0 Å². The van der Waals surface area contributed by atoms with Crippen LogP contribution >= 0.6 is 0 Å². The molecule has 3 heterocycles. The lowest BCUT2D eigenvalue weighted by Gasteiger charge is -2.11. The first-order chi connectivity index (χ1) is 17.4. The van der Waals surface area contributed by atoms with Crippen LogP contribution in [0.25, 0.3) is 44.9 Å². The number of aryl methyl sites for hydroxylation is 1. The fourth-order valence-electron chi connectivity index (χ4n) is 4.19. The van der Waals surface area contributed by atoms with Gasteiger partial charge in [-0.3, -0.25) is 0 Å². The normalized spacial score (nSPS) is 11.3. The summed E-state index contributed by atoms with van der Waals surface area (Å²) in [5.74, 6) is 0.498. The van der Waals surface area contributed by atoms with Gasteiger partial charge in [0.15, 0.2) is 0 Å². The highest BCUT2D eigenvalue weighted by molar-refractivity contribution is 5.97. The van der Waals surface area contributed by atoms with Crippen LogP contribution in [0.1, 0.15) is 15.9 Å². The quantitative estimate of drug-likeness (QED) is 0.280. The van der Waals surface area contributed by atoms with E-state index in [2.05, 4.69) is 19.9 Å². The molecule has 0 aliphatic rings. The molecule has 8 heteroatoms. The molecule has 0 saturated heterocycles. The molecule has 0 saturated carbocycles. The van der Waals surface area contributed by atoms with Crippen molar-refractivity contribution >= 4 is 17.0 Å². The van der Waals surface area contributed by atoms with E-state index in [-0.39, 0.29) is 5.56 Å². The van der Waals surface area contributed by atoms with Gasteiger partial charge in [0, 0.05) is 41.0 Å². The zero-order valence-electron chi connectivity index (χ0n) is 20.4. The third kappa shape index (κ3) is 4.71. The van der Waals surface area contributed by atoms with E-state index >= 15 is 0 Å². The summed E-state index contributed by atoms with van der Waals surface area (Å²) in [7, 11) is 4.02. The summed E-state index contributed by atoms with van der Waals surface area (Å²) >= 11 is 0. The minimum atomic E-state index is -0.973. The molecule has 5 rings (SSSR count). The Bertz CT molecular complexity index is 1530. The largest absolute Gasteiger partial charge is 0.492 e. The molecule has 0 spiro atoms. The zero-order valence-corrected chi connectivity index (χ0v) is 20.4. The lowest BCUT2D eigenvalue weighted by atomic mass is 10.00. The Labute approximate surface area is 208 Å². The van der Waals surface area contributed by atoms with Crippen LogP contribution in [0.5, 0.6) is 5.75 Å². The number of hydrogen-bond donors (Lipinski definition) is 3. The van der Waals surface area contributed by atoms with E-state index in [9.17, 15) is 9.90 Å². The number of ether oxygens (including phenoxy) is 1. The van der Waals surface area contributed by atoms with Crippen LogP contribution in [-0.2, 0) is 0 Å². The van der Waals surface area contributed by atoms with Crippen molar-refractivity contribution in [3.05, 3.63) is 78.1 Å². The fourth-order valence-corrected chi connectivity index (χ4v) is 4.19. The number of carboxylic acids is 1. The predicted octanol–water partition coefficient (Wildman–Crippen LogP) is 5.23. The van der Waals surface area contributed by atoms with Gasteiger partial charge in [0.05, 0.1) is 17.0 Å². The van der Waals surface area contributed by atoms with Crippen LogP contribution in [0.15, 0.2) is 67.0 Å². The molecule has 0 unspecified atom stereocenters. The third-order valence-corrected chi connectivity index (χ3v) is 5.97. The number of carbonyl (C=O) groups is 1. The highest BCUT2D eigenvalue weighted by Crippen LogP contribution is 2.37. The summed E-state index contributed by atoms with van der Waals surface area (Å²) in [6.45, 7) is 3.32. The molecule has 8 nitrogen and oxygen atoms in total. The first-order valence-electron chi connectivity index (χ1n) is 11.6. The molecular formula is C28H27N5O3. The van der Waals surface area contributed by atoms with Crippen LogP contribution in [0.3, 0.4) is 0 Å². The van der Waals surface area contributed by atoms with Crippen molar-refractivity contribution in [2.24, 2.45) is 0 Å².